The second kappa shape index (κ2) is 6.81. The fourth-order valence-corrected chi connectivity index (χ4v) is 2.17. The maximum atomic E-state index is 13.8. The minimum absolute atomic E-state index is 0.0708. The van der Waals surface area contributed by atoms with Crippen molar-refractivity contribution in [1.29, 1.82) is 0 Å². The van der Waals surface area contributed by atoms with Crippen molar-refractivity contribution in [2.75, 3.05) is 24.2 Å². The summed E-state index contributed by atoms with van der Waals surface area (Å²) in [5, 5.41) is -1.22. The summed E-state index contributed by atoms with van der Waals surface area (Å²) in [7, 11) is -3.54. The number of halogens is 1. The first-order chi connectivity index (χ1) is 9.29. The topological polar surface area (TPSA) is 80.5 Å². The number of rotatable bonds is 6. The summed E-state index contributed by atoms with van der Waals surface area (Å²) in [5.41, 5.74) is 5.48. The van der Waals surface area contributed by atoms with Gasteiger partial charge in [-0.05, 0) is 32.0 Å². The van der Waals surface area contributed by atoms with Crippen LogP contribution in [0.25, 0.3) is 0 Å². The average Bonchev–Trinajstić information content (AvgIpc) is 2.38. The van der Waals surface area contributed by atoms with Crippen molar-refractivity contribution in [3.63, 3.8) is 0 Å². The minimum Gasteiger partial charge on any atom is -0.330 e. The van der Waals surface area contributed by atoms with Crippen molar-refractivity contribution in [2.24, 2.45) is 5.73 Å². The lowest BCUT2D eigenvalue weighted by molar-refractivity contribution is -0.118. The second-order valence-electron chi connectivity index (χ2n) is 4.56. The molecule has 2 N–H and O–H groups in total. The van der Waals surface area contributed by atoms with Gasteiger partial charge in [0.25, 0.3) is 0 Å². The molecule has 0 saturated carbocycles. The molecule has 0 saturated heterocycles. The molecule has 0 spiro atoms. The van der Waals surface area contributed by atoms with Crippen molar-refractivity contribution in [3.8, 4) is 0 Å². The average molecular weight is 302 g/mol. The molecule has 0 aromatic heterocycles. The van der Waals surface area contributed by atoms with Gasteiger partial charge in [-0.3, -0.25) is 4.79 Å². The van der Waals surface area contributed by atoms with Crippen LogP contribution in [0.15, 0.2) is 24.3 Å². The van der Waals surface area contributed by atoms with Crippen LogP contribution in [0.5, 0.6) is 0 Å². The van der Waals surface area contributed by atoms with E-state index in [1.54, 1.807) is 6.07 Å². The van der Waals surface area contributed by atoms with E-state index in [9.17, 15) is 17.6 Å². The van der Waals surface area contributed by atoms with Crippen LogP contribution in [0.4, 0.5) is 10.1 Å². The lowest BCUT2D eigenvalue weighted by atomic mass is 10.2. The molecular formula is C13H19FN2O3S. The van der Waals surface area contributed by atoms with E-state index in [2.05, 4.69) is 0 Å². The molecule has 0 aliphatic heterocycles. The zero-order valence-electron chi connectivity index (χ0n) is 11.5. The van der Waals surface area contributed by atoms with Crippen molar-refractivity contribution in [3.05, 3.63) is 30.1 Å². The second-order valence-corrected chi connectivity index (χ2v) is 6.92. The third-order valence-corrected chi connectivity index (χ3v) is 4.47. The van der Waals surface area contributed by atoms with E-state index >= 15 is 0 Å². The third kappa shape index (κ3) is 4.01. The molecule has 0 aliphatic carbocycles. The molecule has 5 nitrogen and oxygen atoms in total. The molecule has 20 heavy (non-hydrogen) atoms. The molecule has 1 amide bonds. The Labute approximate surface area is 118 Å². The van der Waals surface area contributed by atoms with E-state index in [4.69, 9.17) is 5.73 Å². The number of hydrogen-bond acceptors (Lipinski definition) is 4. The Bertz CT molecular complexity index is 575. The zero-order chi connectivity index (χ0) is 15.3. The summed E-state index contributed by atoms with van der Waals surface area (Å²) < 4.78 is 36.8. The molecule has 0 fully saturated rings. The molecule has 1 rings (SSSR count). The third-order valence-electron chi connectivity index (χ3n) is 2.99. The van der Waals surface area contributed by atoms with E-state index in [-0.39, 0.29) is 12.2 Å². The van der Waals surface area contributed by atoms with Crippen molar-refractivity contribution < 1.29 is 17.6 Å². The van der Waals surface area contributed by atoms with Gasteiger partial charge in [0.1, 0.15) is 11.1 Å². The van der Waals surface area contributed by atoms with Crippen molar-refractivity contribution in [1.82, 2.24) is 0 Å². The van der Waals surface area contributed by atoms with Crippen LogP contribution in [0, 0.1) is 5.82 Å². The van der Waals surface area contributed by atoms with Crippen LogP contribution in [0.3, 0.4) is 0 Å². The van der Waals surface area contributed by atoms with Gasteiger partial charge in [-0.25, -0.2) is 12.8 Å². The Hall–Kier alpha value is -1.47. The zero-order valence-corrected chi connectivity index (χ0v) is 12.4. The van der Waals surface area contributed by atoms with Gasteiger partial charge in [0.15, 0.2) is 9.84 Å². The van der Waals surface area contributed by atoms with Crippen LogP contribution < -0.4 is 10.6 Å². The van der Waals surface area contributed by atoms with E-state index in [1.165, 1.54) is 25.1 Å². The Morgan fingerprint density at radius 1 is 1.40 bits per heavy atom. The smallest absolute Gasteiger partial charge is 0.245 e. The van der Waals surface area contributed by atoms with Crippen molar-refractivity contribution >= 4 is 21.4 Å². The first-order valence-corrected chi connectivity index (χ1v) is 8.19. The molecule has 1 atom stereocenters. The Kier molecular flexibility index (Phi) is 5.64. The number of carbonyl (C=O) groups excluding carboxylic acids is 1. The Morgan fingerprint density at radius 3 is 2.50 bits per heavy atom. The molecule has 1 unspecified atom stereocenters. The highest BCUT2D eigenvalue weighted by Crippen LogP contribution is 2.21. The SMILES string of the molecule is CC(C(=O)N(CCCN)c1ccccc1F)S(C)(=O)=O. The van der Waals surface area contributed by atoms with Crippen LogP contribution in [0.1, 0.15) is 13.3 Å². The molecule has 7 heteroatoms. The monoisotopic (exact) mass is 302 g/mol. The first-order valence-electron chi connectivity index (χ1n) is 6.24. The van der Waals surface area contributed by atoms with Gasteiger partial charge in [0, 0.05) is 12.8 Å². The molecule has 1 aromatic carbocycles. The summed E-state index contributed by atoms with van der Waals surface area (Å²) in [5.74, 6) is -1.22. The molecule has 1 aromatic rings. The van der Waals surface area contributed by atoms with E-state index in [0.29, 0.717) is 13.0 Å². The number of nitrogens with zero attached hydrogens (tertiary/aromatic N) is 1. The fraction of sp³-hybridized carbons (Fsp3) is 0.462. The molecule has 0 bridgehead atoms. The number of amides is 1. The normalized spacial score (nSPS) is 13.0. The summed E-state index contributed by atoms with van der Waals surface area (Å²) in [4.78, 5) is 13.4. The van der Waals surface area contributed by atoms with Gasteiger partial charge in [-0.2, -0.15) is 0 Å². The predicted molar refractivity (Wildman–Crippen MR) is 76.7 cm³/mol. The number of para-hydroxylation sites is 1. The Morgan fingerprint density at radius 2 is 2.00 bits per heavy atom. The molecule has 112 valence electrons. The highest BCUT2D eigenvalue weighted by Gasteiger charge is 2.30. The lowest BCUT2D eigenvalue weighted by Crippen LogP contribution is -2.42. The van der Waals surface area contributed by atoms with E-state index in [0.717, 1.165) is 11.2 Å². The van der Waals surface area contributed by atoms with Gasteiger partial charge in [0.05, 0.1) is 5.69 Å². The maximum Gasteiger partial charge on any atom is 0.245 e. The van der Waals surface area contributed by atoms with Gasteiger partial charge < -0.3 is 10.6 Å². The lowest BCUT2D eigenvalue weighted by Gasteiger charge is -2.25. The Balaban J connectivity index is 3.13. The number of carbonyl (C=O) groups is 1. The summed E-state index contributed by atoms with van der Waals surface area (Å²) in [6.45, 7) is 1.80. The number of hydrogen-bond donors (Lipinski definition) is 1. The van der Waals surface area contributed by atoms with E-state index < -0.39 is 26.8 Å². The number of nitrogens with two attached hydrogens (primary N) is 1. The number of anilines is 1. The van der Waals surface area contributed by atoms with Crippen LogP contribution in [0.2, 0.25) is 0 Å². The van der Waals surface area contributed by atoms with Crippen LogP contribution in [-0.2, 0) is 14.6 Å². The highest BCUT2D eigenvalue weighted by molar-refractivity contribution is 7.92. The standard InChI is InChI=1S/C13H19FN2O3S/c1-10(20(2,18)19)13(17)16(9-5-8-15)12-7-4-3-6-11(12)14/h3-4,6-7,10H,5,8-9,15H2,1-2H3. The number of benzene rings is 1. The van der Waals surface area contributed by atoms with Crippen LogP contribution >= 0.6 is 0 Å². The molecular weight excluding hydrogens is 283 g/mol. The molecule has 0 radical (unpaired) electrons. The van der Waals surface area contributed by atoms with E-state index in [1.807, 2.05) is 0 Å². The van der Waals surface area contributed by atoms with Crippen LogP contribution in [-0.4, -0.2) is 38.9 Å². The maximum absolute atomic E-state index is 13.8. The summed E-state index contributed by atoms with van der Waals surface area (Å²) in [6.07, 6.45) is 1.44. The summed E-state index contributed by atoms with van der Waals surface area (Å²) in [6, 6.07) is 5.76. The predicted octanol–water partition coefficient (Wildman–Crippen LogP) is 0.941. The van der Waals surface area contributed by atoms with Gasteiger partial charge in [-0.1, -0.05) is 12.1 Å². The van der Waals surface area contributed by atoms with Gasteiger partial charge in [-0.15, -0.1) is 0 Å². The van der Waals surface area contributed by atoms with Gasteiger partial charge >= 0.3 is 0 Å². The molecule has 0 aliphatic rings. The summed E-state index contributed by atoms with van der Waals surface area (Å²) >= 11 is 0. The minimum atomic E-state index is -3.54. The quantitative estimate of drug-likeness (QED) is 0.848. The first kappa shape index (κ1) is 16.6. The fourth-order valence-electron chi connectivity index (χ4n) is 1.67. The molecule has 0 heterocycles. The van der Waals surface area contributed by atoms with Crippen molar-refractivity contribution in [2.45, 2.75) is 18.6 Å². The number of sulfone groups is 1. The largest absolute Gasteiger partial charge is 0.330 e. The highest BCUT2D eigenvalue weighted by atomic mass is 32.2. The van der Waals surface area contributed by atoms with Gasteiger partial charge in [0.2, 0.25) is 5.91 Å².